The summed E-state index contributed by atoms with van der Waals surface area (Å²) in [5.41, 5.74) is 0.806. The minimum absolute atomic E-state index is 0.0707. The summed E-state index contributed by atoms with van der Waals surface area (Å²) in [5.74, 6) is -46.8. The summed E-state index contributed by atoms with van der Waals surface area (Å²) < 4.78 is 198. The fourth-order valence-electron chi connectivity index (χ4n) is 3.78. The van der Waals surface area contributed by atoms with Gasteiger partial charge in [0.15, 0.2) is 0 Å². The number of carbonyl (C=O) groups is 1. The van der Waals surface area contributed by atoms with Gasteiger partial charge in [-0.05, 0) is 62.4 Å². The van der Waals surface area contributed by atoms with Crippen molar-refractivity contribution in [1.82, 2.24) is 4.90 Å². The molecule has 1 saturated heterocycles. The van der Waals surface area contributed by atoms with Crippen molar-refractivity contribution in [2.75, 3.05) is 25.0 Å². The second-order valence-corrected chi connectivity index (χ2v) is 9.39. The van der Waals surface area contributed by atoms with Crippen molar-refractivity contribution in [2.45, 2.75) is 73.8 Å². The fraction of sp³-hybridized carbons (Fsp3) is 0.625. The molecule has 0 aliphatic carbocycles. The van der Waals surface area contributed by atoms with E-state index in [0.717, 1.165) is 19.3 Å². The molecule has 1 aromatic rings. The molecule has 3 nitrogen and oxygen atoms in total. The summed E-state index contributed by atoms with van der Waals surface area (Å²) in [6, 6.07) is 5.96. The molecule has 42 heavy (non-hydrogen) atoms. The highest BCUT2D eigenvalue weighted by molar-refractivity contribution is 5.94. The van der Waals surface area contributed by atoms with E-state index in [1.54, 1.807) is 4.90 Å². The number of piperidine rings is 1. The predicted molar refractivity (Wildman–Crippen MR) is 119 cm³/mol. The molecule has 1 heterocycles. The third-order valence-corrected chi connectivity index (χ3v) is 6.33. The van der Waals surface area contributed by atoms with E-state index in [9.17, 15) is 70.7 Å². The lowest BCUT2D eigenvalue weighted by Gasteiger charge is -2.41. The van der Waals surface area contributed by atoms with Crippen LogP contribution in [-0.2, 0) is 0 Å². The second-order valence-electron chi connectivity index (χ2n) is 9.39. The van der Waals surface area contributed by atoms with Crippen LogP contribution < -0.4 is 5.32 Å². The van der Waals surface area contributed by atoms with Crippen molar-refractivity contribution < 1.29 is 70.7 Å². The summed E-state index contributed by atoms with van der Waals surface area (Å²) in [5, 5.41) is 2.75. The highest BCUT2D eigenvalue weighted by Crippen LogP contribution is 2.62. The van der Waals surface area contributed by atoms with Crippen LogP contribution in [0.5, 0.6) is 0 Å². The number of nitrogens with zero attached hydrogens (tertiary/aromatic N) is 1. The average molecular weight is 640 g/mol. The Morgan fingerprint density at radius 2 is 1.17 bits per heavy atom. The maximum Gasteiger partial charge on any atom is 0.460 e. The maximum absolute atomic E-state index is 13.8. The first-order chi connectivity index (χ1) is 19.0. The fourth-order valence-corrected chi connectivity index (χ4v) is 3.78. The van der Waals surface area contributed by atoms with Gasteiger partial charge in [-0.1, -0.05) is 6.08 Å². The van der Waals surface area contributed by atoms with Crippen molar-refractivity contribution in [3.05, 3.63) is 42.0 Å². The van der Waals surface area contributed by atoms with Gasteiger partial charge in [0, 0.05) is 30.9 Å². The van der Waals surface area contributed by atoms with Crippen LogP contribution in [0.1, 0.15) is 42.5 Å². The van der Waals surface area contributed by atoms with Crippen LogP contribution in [0.3, 0.4) is 0 Å². The Morgan fingerprint density at radius 1 is 0.690 bits per heavy atom. The molecular weight excluding hydrogens is 617 g/mol. The zero-order valence-corrected chi connectivity index (χ0v) is 21.1. The van der Waals surface area contributed by atoms with Crippen molar-refractivity contribution in [1.29, 1.82) is 0 Å². The van der Waals surface area contributed by atoms with Crippen molar-refractivity contribution in [3.8, 4) is 0 Å². The van der Waals surface area contributed by atoms with Gasteiger partial charge in [0.1, 0.15) is 0 Å². The van der Waals surface area contributed by atoms with E-state index in [-0.39, 0.29) is 24.9 Å². The third-order valence-electron chi connectivity index (χ3n) is 6.33. The highest BCUT2D eigenvalue weighted by atomic mass is 19.4. The van der Waals surface area contributed by atoms with Crippen LogP contribution in [-0.4, -0.2) is 72.2 Å². The number of alkyl halides is 15. The second kappa shape index (κ2) is 12.1. The molecule has 18 heteroatoms. The van der Waals surface area contributed by atoms with Gasteiger partial charge in [0.25, 0.3) is 5.91 Å². The zero-order chi connectivity index (χ0) is 32.4. The standard InChI is InChI=1S/C24H23F15N2O/c25-18(26,19(27,28)20(29,30)21(31,32)22(33,34)23(35,36)24(37,38)39)11-3-1-4-12-40-16-9-7-15(8-10-16)17(42)41-13-5-2-6-14-41/h3,7-11,40H,1-2,4-6,12-14H2. The Labute approximate surface area is 228 Å². The minimum atomic E-state index is -8.29. The molecule has 0 atom stereocenters. The number of rotatable bonds is 12. The minimum Gasteiger partial charge on any atom is -0.385 e. The quantitative estimate of drug-likeness (QED) is 0.141. The van der Waals surface area contributed by atoms with E-state index < -0.39 is 54.2 Å². The molecule has 0 unspecified atom stereocenters. The van der Waals surface area contributed by atoms with Gasteiger partial charge in [-0.3, -0.25) is 4.79 Å². The zero-order valence-electron chi connectivity index (χ0n) is 21.1. The summed E-state index contributed by atoms with van der Waals surface area (Å²) in [7, 11) is 0. The van der Waals surface area contributed by atoms with Crippen molar-refractivity contribution >= 4 is 11.6 Å². The van der Waals surface area contributed by atoms with Gasteiger partial charge >= 0.3 is 41.7 Å². The topological polar surface area (TPSA) is 32.3 Å². The van der Waals surface area contributed by atoms with Gasteiger partial charge in [0.05, 0.1) is 0 Å². The van der Waals surface area contributed by atoms with Crippen LogP contribution in [0.4, 0.5) is 71.5 Å². The van der Waals surface area contributed by atoms with E-state index in [4.69, 9.17) is 0 Å². The maximum atomic E-state index is 13.8. The Kier molecular flexibility index (Phi) is 10.2. The van der Waals surface area contributed by atoms with Crippen LogP contribution in [0, 0.1) is 0 Å². The largest absolute Gasteiger partial charge is 0.460 e. The summed E-state index contributed by atoms with van der Waals surface area (Å²) in [6.07, 6.45) is -6.68. The predicted octanol–water partition coefficient (Wildman–Crippen LogP) is 8.44. The number of anilines is 1. The first-order valence-corrected chi connectivity index (χ1v) is 12.1. The molecule has 0 aromatic heterocycles. The first kappa shape index (κ1) is 35.4. The molecule has 0 bridgehead atoms. The number of hydrogen-bond acceptors (Lipinski definition) is 2. The van der Waals surface area contributed by atoms with E-state index in [1.165, 1.54) is 24.3 Å². The number of likely N-dealkylation sites (tertiary alicyclic amines) is 1. The van der Waals surface area contributed by atoms with Gasteiger partial charge in [-0.15, -0.1) is 0 Å². The number of unbranched alkanes of at least 4 members (excludes halogenated alkanes) is 1. The van der Waals surface area contributed by atoms with Crippen molar-refractivity contribution in [3.63, 3.8) is 0 Å². The van der Waals surface area contributed by atoms with Gasteiger partial charge in [-0.25, -0.2) is 0 Å². The van der Waals surface area contributed by atoms with E-state index in [2.05, 4.69) is 5.32 Å². The molecule has 1 amide bonds. The van der Waals surface area contributed by atoms with Crippen LogP contribution in [0.25, 0.3) is 0 Å². The molecule has 1 aliphatic rings. The van der Waals surface area contributed by atoms with Crippen molar-refractivity contribution in [2.24, 2.45) is 0 Å². The molecule has 1 aromatic carbocycles. The SMILES string of the molecule is O=C(c1ccc(NCCCC=CC(F)(F)C(F)(F)C(F)(F)C(F)(F)C(F)(F)C(F)(F)C(F)(F)F)cc1)N1CCCCC1. The van der Waals surface area contributed by atoms with E-state index >= 15 is 0 Å². The molecule has 0 saturated carbocycles. The monoisotopic (exact) mass is 640 g/mol. The molecule has 1 aliphatic heterocycles. The van der Waals surface area contributed by atoms with Crippen LogP contribution >= 0.6 is 0 Å². The molecule has 0 radical (unpaired) electrons. The molecule has 0 spiro atoms. The molecule has 240 valence electrons. The highest BCUT2D eigenvalue weighted by Gasteiger charge is 2.93. The smallest absolute Gasteiger partial charge is 0.385 e. The third kappa shape index (κ3) is 6.40. The molecule has 2 rings (SSSR count). The number of allylic oxidation sites excluding steroid dienone is 2. The number of benzene rings is 1. The van der Waals surface area contributed by atoms with Gasteiger partial charge in [0.2, 0.25) is 0 Å². The molecular formula is C24H23F15N2O. The Hall–Kier alpha value is -2.82. The molecule has 1 fully saturated rings. The number of amides is 1. The lowest BCUT2D eigenvalue weighted by atomic mass is 9.91. The number of hydrogen-bond donors (Lipinski definition) is 1. The number of nitrogens with one attached hydrogen (secondary N) is 1. The van der Waals surface area contributed by atoms with Crippen LogP contribution in [0.15, 0.2) is 36.4 Å². The van der Waals surface area contributed by atoms with Gasteiger partial charge < -0.3 is 10.2 Å². The summed E-state index contributed by atoms with van der Waals surface area (Å²) in [6.45, 7) is 1.15. The first-order valence-electron chi connectivity index (χ1n) is 12.1. The van der Waals surface area contributed by atoms with Crippen LogP contribution in [0.2, 0.25) is 0 Å². The Balaban J connectivity index is 2.01. The Morgan fingerprint density at radius 3 is 1.67 bits per heavy atom. The van der Waals surface area contributed by atoms with Gasteiger partial charge in [-0.2, -0.15) is 65.9 Å². The summed E-state index contributed by atoms with van der Waals surface area (Å²) in [4.78, 5) is 14.1. The Bertz CT molecular complexity index is 1090. The average Bonchev–Trinajstić information content (AvgIpc) is 2.89. The summed E-state index contributed by atoms with van der Waals surface area (Å²) >= 11 is 0. The lowest BCUT2D eigenvalue weighted by molar-refractivity contribution is -0.449. The number of carbonyl (C=O) groups excluding carboxylic acids is 1. The van der Waals surface area contributed by atoms with E-state index in [0.29, 0.717) is 24.3 Å². The molecule has 1 N–H and O–H groups in total. The van der Waals surface area contributed by atoms with E-state index in [1.807, 2.05) is 0 Å². The normalized spacial score (nSPS) is 16.7. The number of halogens is 15. The lowest BCUT2D eigenvalue weighted by Crippen LogP contribution is -2.72.